The molecule has 0 aliphatic rings. The van der Waals surface area contributed by atoms with Gasteiger partial charge in [0.15, 0.2) is 0 Å². The Morgan fingerprint density at radius 1 is 0.846 bits per heavy atom. The van der Waals surface area contributed by atoms with Crippen molar-refractivity contribution in [2.24, 2.45) is 7.05 Å². The van der Waals surface area contributed by atoms with Crippen LogP contribution in [0.25, 0.3) is 50.3 Å². The van der Waals surface area contributed by atoms with Gasteiger partial charge in [-0.3, -0.25) is 4.57 Å². The quantitative estimate of drug-likeness (QED) is 0.250. The fraction of sp³-hybridized carbons (Fsp3) is 0.182. The van der Waals surface area contributed by atoms with Crippen LogP contribution in [0.1, 0.15) is 40.7 Å². The lowest BCUT2D eigenvalue weighted by atomic mass is 9.93. The summed E-state index contributed by atoms with van der Waals surface area (Å²) in [5.74, 6) is 0.962. The van der Waals surface area contributed by atoms with Crippen LogP contribution in [-0.2, 0) is 13.5 Å². The summed E-state index contributed by atoms with van der Waals surface area (Å²) in [4.78, 5) is 22.0. The molecule has 4 aromatic carbocycles. The van der Waals surface area contributed by atoms with Gasteiger partial charge in [0.25, 0.3) is 0 Å². The first kappa shape index (κ1) is 24.6. The fourth-order valence-electron chi connectivity index (χ4n) is 5.68. The van der Waals surface area contributed by atoms with Crippen LogP contribution in [0.3, 0.4) is 0 Å². The van der Waals surface area contributed by atoms with Crippen molar-refractivity contribution < 1.29 is 9.90 Å². The second-order valence-electron chi connectivity index (χ2n) is 10.1. The van der Waals surface area contributed by atoms with Gasteiger partial charge in [0.1, 0.15) is 11.6 Å². The Labute approximate surface area is 227 Å². The molecule has 6 aromatic rings. The lowest BCUT2D eigenvalue weighted by Gasteiger charge is -2.19. The molecule has 0 amide bonds. The first-order valence-corrected chi connectivity index (χ1v) is 13.3. The molecule has 6 nitrogen and oxygen atoms in total. The zero-order valence-electron chi connectivity index (χ0n) is 22.6. The zero-order chi connectivity index (χ0) is 27.3. The summed E-state index contributed by atoms with van der Waals surface area (Å²) in [5, 5.41) is 9.87. The molecular weight excluding hydrogens is 484 g/mol. The molecule has 1 N–H and O–H groups in total. The van der Waals surface area contributed by atoms with Crippen molar-refractivity contribution in [2.45, 2.75) is 33.6 Å². The van der Waals surface area contributed by atoms with Crippen LogP contribution in [-0.4, -0.2) is 30.2 Å². The van der Waals surface area contributed by atoms with Gasteiger partial charge in [-0.1, -0.05) is 49.4 Å². The Hall–Kier alpha value is -4.71. The predicted molar refractivity (Wildman–Crippen MR) is 157 cm³/mol. The van der Waals surface area contributed by atoms with Gasteiger partial charge in [-0.25, -0.2) is 14.8 Å². The fourth-order valence-corrected chi connectivity index (χ4v) is 5.68. The van der Waals surface area contributed by atoms with E-state index in [0.717, 1.165) is 74.5 Å². The number of para-hydroxylation sites is 2. The molecule has 0 aliphatic heterocycles. The van der Waals surface area contributed by atoms with Crippen molar-refractivity contribution in [2.75, 3.05) is 0 Å². The summed E-state index contributed by atoms with van der Waals surface area (Å²) >= 11 is 0. The highest BCUT2D eigenvalue weighted by Crippen LogP contribution is 2.36. The summed E-state index contributed by atoms with van der Waals surface area (Å²) < 4.78 is 4.40. The molecule has 6 heteroatoms. The van der Waals surface area contributed by atoms with Crippen molar-refractivity contribution in [3.63, 3.8) is 0 Å². The topological polar surface area (TPSA) is 72.9 Å². The number of aromatic carboxylic acids is 1. The minimum absolute atomic E-state index is 0.295. The van der Waals surface area contributed by atoms with E-state index in [0.29, 0.717) is 11.1 Å². The number of aromatic nitrogens is 4. The Balaban J connectivity index is 1.62. The molecule has 0 saturated carbocycles. The molecule has 2 heterocycles. The SMILES string of the molecule is CCCc1nc2ccc(-c3nc4ccccc4n3C)cc2n1-c1c(C)ccc(-c2ccccc2C(=O)O)c1C. The zero-order valence-corrected chi connectivity index (χ0v) is 22.6. The molecular formula is C33H30N4O2. The van der Waals surface area contributed by atoms with Gasteiger partial charge >= 0.3 is 5.97 Å². The van der Waals surface area contributed by atoms with Crippen molar-refractivity contribution >= 4 is 28.0 Å². The van der Waals surface area contributed by atoms with Gasteiger partial charge in [-0.2, -0.15) is 0 Å². The number of carbonyl (C=O) groups is 1. The highest BCUT2D eigenvalue weighted by Gasteiger charge is 2.21. The molecule has 0 saturated heterocycles. The maximum Gasteiger partial charge on any atom is 0.336 e. The third-order valence-electron chi connectivity index (χ3n) is 7.55. The maximum absolute atomic E-state index is 12.0. The van der Waals surface area contributed by atoms with Crippen LogP contribution in [0.15, 0.2) is 78.9 Å². The van der Waals surface area contributed by atoms with Crippen LogP contribution < -0.4 is 0 Å². The second-order valence-corrected chi connectivity index (χ2v) is 10.1. The largest absolute Gasteiger partial charge is 0.478 e. The average molecular weight is 515 g/mol. The highest BCUT2D eigenvalue weighted by molar-refractivity contribution is 5.97. The predicted octanol–water partition coefficient (Wildman–Crippen LogP) is 7.51. The molecule has 194 valence electrons. The number of hydrogen-bond acceptors (Lipinski definition) is 3. The number of hydrogen-bond donors (Lipinski definition) is 1. The smallest absolute Gasteiger partial charge is 0.336 e. The summed E-state index contributed by atoms with van der Waals surface area (Å²) in [7, 11) is 2.05. The van der Waals surface area contributed by atoms with E-state index < -0.39 is 5.97 Å². The lowest BCUT2D eigenvalue weighted by Crippen LogP contribution is -2.07. The first-order chi connectivity index (χ1) is 18.9. The maximum atomic E-state index is 12.0. The van der Waals surface area contributed by atoms with Crippen LogP contribution in [0.4, 0.5) is 0 Å². The molecule has 6 rings (SSSR count). The highest BCUT2D eigenvalue weighted by atomic mass is 16.4. The molecule has 39 heavy (non-hydrogen) atoms. The Morgan fingerprint density at radius 3 is 2.36 bits per heavy atom. The molecule has 0 fully saturated rings. The molecule has 0 radical (unpaired) electrons. The van der Waals surface area contributed by atoms with Crippen LogP contribution in [0, 0.1) is 13.8 Å². The minimum atomic E-state index is -0.932. The van der Waals surface area contributed by atoms with Crippen molar-refractivity contribution in [3.8, 4) is 28.2 Å². The van der Waals surface area contributed by atoms with E-state index in [1.54, 1.807) is 12.1 Å². The van der Waals surface area contributed by atoms with Crippen molar-refractivity contribution in [1.82, 2.24) is 19.1 Å². The number of nitrogens with zero attached hydrogens (tertiary/aromatic N) is 4. The second kappa shape index (κ2) is 9.55. The number of rotatable bonds is 6. The third kappa shape index (κ3) is 4.00. The number of aryl methyl sites for hydroxylation is 3. The summed E-state index contributed by atoms with van der Waals surface area (Å²) in [6, 6.07) is 25.8. The Morgan fingerprint density at radius 2 is 1.59 bits per heavy atom. The average Bonchev–Trinajstić information content (AvgIpc) is 3.46. The summed E-state index contributed by atoms with van der Waals surface area (Å²) in [6.45, 7) is 6.34. The van der Waals surface area contributed by atoms with E-state index in [2.05, 4.69) is 60.2 Å². The molecule has 2 aromatic heterocycles. The Bertz CT molecular complexity index is 1890. The van der Waals surface area contributed by atoms with Gasteiger partial charge in [0.2, 0.25) is 0 Å². The van der Waals surface area contributed by atoms with E-state index in [9.17, 15) is 9.90 Å². The molecule has 0 bridgehead atoms. The van der Waals surface area contributed by atoms with E-state index in [1.807, 2.05) is 43.4 Å². The molecule has 0 aliphatic carbocycles. The monoisotopic (exact) mass is 514 g/mol. The molecule has 0 unspecified atom stereocenters. The number of benzene rings is 4. The van der Waals surface area contributed by atoms with Crippen molar-refractivity contribution in [3.05, 3.63) is 101 Å². The van der Waals surface area contributed by atoms with Crippen LogP contribution >= 0.6 is 0 Å². The number of carboxylic acid groups (broad SMARTS) is 1. The van der Waals surface area contributed by atoms with Gasteiger partial charge in [-0.05, 0) is 78.9 Å². The number of carboxylic acids is 1. The summed E-state index contributed by atoms with van der Waals surface area (Å²) in [5.41, 5.74) is 10.1. The van der Waals surface area contributed by atoms with Crippen LogP contribution in [0.2, 0.25) is 0 Å². The standard InChI is InChI=1S/C33H30N4O2/c1-5-10-30-34-27-18-16-22(32-35-26-13-8-9-14-28(26)36(32)4)19-29(27)37(30)31-20(2)15-17-23(21(31)3)24-11-6-7-12-25(24)33(38)39/h6-9,11-19H,5,10H2,1-4H3,(H,38,39). The first-order valence-electron chi connectivity index (χ1n) is 13.3. The van der Waals surface area contributed by atoms with E-state index in [1.165, 1.54) is 0 Å². The van der Waals surface area contributed by atoms with E-state index >= 15 is 0 Å². The minimum Gasteiger partial charge on any atom is -0.478 e. The van der Waals surface area contributed by atoms with E-state index in [4.69, 9.17) is 9.97 Å². The Kier molecular flexibility index (Phi) is 6.03. The number of imidazole rings is 2. The van der Waals surface area contributed by atoms with Gasteiger partial charge < -0.3 is 9.67 Å². The molecule has 0 atom stereocenters. The van der Waals surface area contributed by atoms with Gasteiger partial charge in [-0.15, -0.1) is 0 Å². The normalized spacial score (nSPS) is 11.5. The number of fused-ring (bicyclic) bond motifs is 2. The lowest BCUT2D eigenvalue weighted by molar-refractivity contribution is 0.0697. The van der Waals surface area contributed by atoms with Gasteiger partial charge in [0, 0.05) is 19.0 Å². The third-order valence-corrected chi connectivity index (χ3v) is 7.55. The van der Waals surface area contributed by atoms with Gasteiger partial charge in [0.05, 0.1) is 33.3 Å². The summed E-state index contributed by atoms with van der Waals surface area (Å²) in [6.07, 6.45) is 1.78. The molecule has 0 spiro atoms. The van der Waals surface area contributed by atoms with Crippen LogP contribution in [0.5, 0.6) is 0 Å². The van der Waals surface area contributed by atoms with Crippen molar-refractivity contribution in [1.29, 1.82) is 0 Å². The van der Waals surface area contributed by atoms with E-state index in [-0.39, 0.29) is 0 Å².